The number of nitrogens with zero attached hydrogens (tertiary/aromatic N) is 2. The van der Waals surface area contributed by atoms with Gasteiger partial charge in [0.05, 0.1) is 24.9 Å². The number of carbonyl (C=O) groups is 1. The van der Waals surface area contributed by atoms with Crippen molar-refractivity contribution in [2.24, 2.45) is 11.8 Å². The van der Waals surface area contributed by atoms with E-state index in [0.29, 0.717) is 5.57 Å². The minimum absolute atomic E-state index is 0. The van der Waals surface area contributed by atoms with Crippen LogP contribution in [0.3, 0.4) is 0 Å². The molecule has 0 bridgehead atoms. The predicted molar refractivity (Wildman–Crippen MR) is 102 cm³/mol. The van der Waals surface area contributed by atoms with Crippen LogP contribution in [0.25, 0.3) is 21.8 Å². The molecule has 0 N–H and O–H groups in total. The third kappa shape index (κ3) is 2.78. The van der Waals surface area contributed by atoms with Crippen molar-refractivity contribution in [1.29, 1.82) is 0 Å². The number of benzene rings is 1. The first kappa shape index (κ1) is 18.5. The Labute approximate surface area is 177 Å². The van der Waals surface area contributed by atoms with E-state index in [1.54, 1.807) is 6.26 Å². The standard InChI is InChI=1S/C21H20N2O3.Pb/c1-12-16-10-23-8-7-14-13-5-3-4-6-18(13)22-20(14)19(23)9-15(16)17(11-26-12)21(24)25-2;/h3-8,11-12,15-16H,9-10H2,1-2H3;/q;+4/t12-,15-,16+;/m0./s1. The molecule has 4 heterocycles. The number of fused-ring (bicyclic) bond motifs is 6. The van der Waals surface area contributed by atoms with E-state index in [1.165, 1.54) is 23.6 Å². The molecule has 0 spiro atoms. The molecular weight excluding hydrogens is 535 g/mol. The zero-order valence-corrected chi connectivity index (χ0v) is 19.2. The fraction of sp³-hybridized carbons (Fsp3) is 0.333. The number of rotatable bonds is 1. The summed E-state index contributed by atoms with van der Waals surface area (Å²) in [6.45, 7) is 2.88. The van der Waals surface area contributed by atoms with Crippen molar-refractivity contribution in [1.82, 2.24) is 4.98 Å². The van der Waals surface area contributed by atoms with Crippen molar-refractivity contribution >= 4 is 55.1 Å². The molecule has 2 aliphatic heterocycles. The van der Waals surface area contributed by atoms with E-state index >= 15 is 0 Å². The Bertz CT molecular complexity index is 1070. The quantitative estimate of drug-likeness (QED) is 0.262. The zero-order chi connectivity index (χ0) is 17.8. The Balaban J connectivity index is 0.00000180. The molecule has 3 aromatic rings. The normalized spacial score (nSPS) is 23.6. The minimum Gasteiger partial charge on any atom is -0.652 e. The van der Waals surface area contributed by atoms with Crippen LogP contribution >= 0.6 is 0 Å². The van der Waals surface area contributed by atoms with E-state index in [-0.39, 0.29) is 51.2 Å². The van der Waals surface area contributed by atoms with E-state index in [1.807, 2.05) is 18.2 Å². The number of para-hydroxylation sites is 1. The summed E-state index contributed by atoms with van der Waals surface area (Å²) in [7, 11) is 1.42. The van der Waals surface area contributed by atoms with Gasteiger partial charge in [0.25, 0.3) is 0 Å². The number of aromatic nitrogens is 2. The predicted octanol–water partition coefficient (Wildman–Crippen LogP) is 2.12. The number of hydrogen-bond donors (Lipinski definition) is 0. The third-order valence-electron chi connectivity index (χ3n) is 5.89. The molecular formula is C21H20N2O3Pb+4. The first-order chi connectivity index (χ1) is 12.7. The summed E-state index contributed by atoms with van der Waals surface area (Å²) in [5.74, 6) is 0.0400. The largest absolute Gasteiger partial charge is 4.00 e. The summed E-state index contributed by atoms with van der Waals surface area (Å²) in [6, 6.07) is 10.4. The van der Waals surface area contributed by atoms with Gasteiger partial charge < -0.3 is 14.5 Å². The molecule has 5 rings (SSSR count). The van der Waals surface area contributed by atoms with E-state index in [0.717, 1.165) is 24.0 Å². The maximum atomic E-state index is 12.3. The molecule has 2 aromatic heterocycles. The maximum absolute atomic E-state index is 12.3. The van der Waals surface area contributed by atoms with Gasteiger partial charge in [-0.2, -0.15) is 0 Å². The molecule has 0 aliphatic carbocycles. The second-order valence-corrected chi connectivity index (χ2v) is 7.19. The van der Waals surface area contributed by atoms with Gasteiger partial charge in [-0.1, -0.05) is 29.8 Å². The van der Waals surface area contributed by atoms with Gasteiger partial charge in [0, 0.05) is 18.4 Å². The monoisotopic (exact) mass is 556 g/mol. The topological polar surface area (TPSA) is 53.5 Å². The molecule has 0 saturated carbocycles. The van der Waals surface area contributed by atoms with Gasteiger partial charge in [-0.25, -0.2) is 9.36 Å². The van der Waals surface area contributed by atoms with Gasteiger partial charge in [0.1, 0.15) is 6.10 Å². The molecule has 1 aromatic carbocycles. The molecule has 5 nitrogen and oxygen atoms in total. The fourth-order valence-electron chi connectivity index (χ4n) is 4.49. The molecule has 0 saturated heterocycles. The molecule has 6 heteroatoms. The third-order valence-corrected chi connectivity index (χ3v) is 5.89. The van der Waals surface area contributed by atoms with Crippen molar-refractivity contribution in [3.8, 4) is 0 Å². The van der Waals surface area contributed by atoms with Crippen LogP contribution in [0.5, 0.6) is 0 Å². The molecule has 0 radical (unpaired) electrons. The zero-order valence-electron chi connectivity index (χ0n) is 15.3. The van der Waals surface area contributed by atoms with Crippen molar-refractivity contribution in [3.63, 3.8) is 0 Å². The SMILES string of the molecule is COC(=O)C1=CO[C@@H](C)[C@H]2C[n+]3ccc4c([n-]c5ccccc54)c3C[C@H]12.[Pb+4]. The number of ether oxygens (including phenoxy) is 2. The molecule has 132 valence electrons. The average Bonchev–Trinajstić information content (AvgIpc) is 3.06. The average molecular weight is 556 g/mol. The molecule has 3 atom stereocenters. The van der Waals surface area contributed by atoms with Gasteiger partial charge in [-0.15, -0.1) is 5.52 Å². The summed E-state index contributed by atoms with van der Waals surface area (Å²) in [5.41, 5.74) is 3.87. The Morgan fingerprint density at radius 3 is 2.89 bits per heavy atom. The van der Waals surface area contributed by atoms with Crippen molar-refractivity contribution < 1.29 is 18.8 Å². The van der Waals surface area contributed by atoms with Crippen LogP contribution in [0.2, 0.25) is 0 Å². The maximum Gasteiger partial charge on any atom is 4.00 e. The van der Waals surface area contributed by atoms with Crippen LogP contribution in [-0.2, 0) is 27.2 Å². The molecule has 2 aliphatic rings. The summed E-state index contributed by atoms with van der Waals surface area (Å²) in [4.78, 5) is 17.1. The van der Waals surface area contributed by atoms with Gasteiger partial charge in [0.15, 0.2) is 18.4 Å². The summed E-state index contributed by atoms with van der Waals surface area (Å²) >= 11 is 0. The second-order valence-electron chi connectivity index (χ2n) is 7.19. The van der Waals surface area contributed by atoms with E-state index in [4.69, 9.17) is 14.5 Å². The van der Waals surface area contributed by atoms with Crippen LogP contribution in [0.4, 0.5) is 0 Å². The smallest absolute Gasteiger partial charge is 0.652 e. The van der Waals surface area contributed by atoms with E-state index < -0.39 is 0 Å². The van der Waals surface area contributed by atoms with Crippen LogP contribution in [0.1, 0.15) is 12.6 Å². The van der Waals surface area contributed by atoms with Crippen molar-refractivity contribution in [2.75, 3.05) is 7.11 Å². The number of carbonyl (C=O) groups excluding carboxylic acids is 1. The fourth-order valence-corrected chi connectivity index (χ4v) is 4.49. The van der Waals surface area contributed by atoms with Gasteiger partial charge in [-0.05, 0) is 17.7 Å². The molecule has 0 fully saturated rings. The molecule has 27 heavy (non-hydrogen) atoms. The number of hydrogen-bond acceptors (Lipinski definition) is 3. The van der Waals surface area contributed by atoms with E-state index in [2.05, 4.69) is 29.8 Å². The summed E-state index contributed by atoms with van der Waals surface area (Å²) in [5, 5.41) is 2.35. The summed E-state index contributed by atoms with van der Waals surface area (Å²) in [6.07, 6.45) is 4.57. The number of methoxy groups -OCH3 is 1. The number of esters is 1. The van der Waals surface area contributed by atoms with Crippen molar-refractivity contribution in [2.45, 2.75) is 26.0 Å². The van der Waals surface area contributed by atoms with Crippen LogP contribution in [0, 0.1) is 11.8 Å². The molecule has 0 amide bonds. The first-order valence-corrected chi connectivity index (χ1v) is 8.97. The summed E-state index contributed by atoms with van der Waals surface area (Å²) < 4.78 is 13.0. The Morgan fingerprint density at radius 2 is 2.07 bits per heavy atom. The second kappa shape index (κ2) is 6.92. The van der Waals surface area contributed by atoms with Crippen LogP contribution < -0.4 is 9.55 Å². The van der Waals surface area contributed by atoms with Crippen molar-refractivity contribution in [3.05, 3.63) is 54.1 Å². The molecule has 0 unspecified atom stereocenters. The minimum atomic E-state index is -0.298. The Morgan fingerprint density at radius 1 is 1.26 bits per heavy atom. The Kier molecular flexibility index (Phi) is 4.74. The first-order valence-electron chi connectivity index (χ1n) is 8.97. The van der Waals surface area contributed by atoms with Gasteiger partial charge >= 0.3 is 33.3 Å². The van der Waals surface area contributed by atoms with Gasteiger partial charge in [0.2, 0.25) is 0 Å². The van der Waals surface area contributed by atoms with Gasteiger partial charge in [-0.3, -0.25) is 0 Å². The van der Waals surface area contributed by atoms with E-state index in [9.17, 15) is 4.79 Å². The van der Waals surface area contributed by atoms with Crippen LogP contribution in [0.15, 0.2) is 48.4 Å². The Hall–Kier alpha value is -1.90. The van der Waals surface area contributed by atoms with Crippen LogP contribution in [-0.4, -0.2) is 46.5 Å². The number of pyridine rings is 1.